The maximum atomic E-state index is 12.1. The lowest BCUT2D eigenvalue weighted by molar-refractivity contribution is -0.123. The van der Waals surface area contributed by atoms with Gasteiger partial charge >= 0.3 is 0 Å². The highest BCUT2D eigenvalue weighted by Crippen LogP contribution is 2.46. The number of benzene rings is 1. The number of Topliss-reactive ketones (excluding diaryl/α,β-unsaturated/α-hetero) is 1. The zero-order valence-corrected chi connectivity index (χ0v) is 11.0. The van der Waals surface area contributed by atoms with E-state index in [0.717, 1.165) is 12.8 Å². The average molecular weight is 267 g/mol. The molecule has 0 saturated heterocycles. The molecule has 96 valence electrons. The third-order valence-corrected chi connectivity index (χ3v) is 3.89. The summed E-state index contributed by atoms with van der Waals surface area (Å²) in [6.07, 6.45) is 2.27. The van der Waals surface area contributed by atoms with Crippen LogP contribution in [0.1, 0.15) is 36.5 Å². The maximum Gasteiger partial charge on any atom is 0.170 e. The third kappa shape index (κ3) is 1.91. The number of ether oxygens (including phenoxy) is 2. The molecule has 1 fully saturated rings. The number of ketones is 1. The summed E-state index contributed by atoms with van der Waals surface area (Å²) in [5, 5.41) is 0.572. The summed E-state index contributed by atoms with van der Waals surface area (Å²) >= 11 is 5.90. The highest BCUT2D eigenvalue weighted by Gasteiger charge is 2.51. The van der Waals surface area contributed by atoms with Gasteiger partial charge in [0.15, 0.2) is 5.78 Å². The molecule has 3 rings (SSSR count). The van der Waals surface area contributed by atoms with Gasteiger partial charge in [0.2, 0.25) is 0 Å². The van der Waals surface area contributed by atoms with Crippen LogP contribution in [0.15, 0.2) is 18.2 Å². The van der Waals surface area contributed by atoms with E-state index in [9.17, 15) is 4.79 Å². The molecular formula is C14H15ClO3. The van der Waals surface area contributed by atoms with Crippen LogP contribution in [0.2, 0.25) is 5.02 Å². The van der Waals surface area contributed by atoms with Gasteiger partial charge in [-0.2, -0.15) is 0 Å². The van der Waals surface area contributed by atoms with E-state index in [4.69, 9.17) is 21.1 Å². The molecular weight excluding hydrogens is 252 g/mol. The molecule has 1 spiro atoms. The minimum Gasteiger partial charge on any atom is -0.486 e. The van der Waals surface area contributed by atoms with Crippen molar-refractivity contribution in [1.82, 2.24) is 0 Å². The molecule has 1 saturated carbocycles. The molecule has 0 bridgehead atoms. The van der Waals surface area contributed by atoms with Crippen LogP contribution in [0.4, 0.5) is 0 Å². The van der Waals surface area contributed by atoms with E-state index in [-0.39, 0.29) is 17.5 Å². The van der Waals surface area contributed by atoms with Gasteiger partial charge in [-0.3, -0.25) is 4.79 Å². The van der Waals surface area contributed by atoms with E-state index >= 15 is 0 Å². The second kappa shape index (κ2) is 4.25. The summed E-state index contributed by atoms with van der Waals surface area (Å²) in [7, 11) is 0. The van der Waals surface area contributed by atoms with Gasteiger partial charge in [-0.25, -0.2) is 0 Å². The van der Waals surface area contributed by atoms with Gasteiger partial charge in [0.1, 0.15) is 11.4 Å². The van der Waals surface area contributed by atoms with Gasteiger partial charge in [0, 0.05) is 24.5 Å². The van der Waals surface area contributed by atoms with Gasteiger partial charge in [0.05, 0.1) is 18.1 Å². The molecule has 2 aliphatic rings. The average Bonchev–Trinajstić information content (AvgIpc) is 2.29. The van der Waals surface area contributed by atoms with Gasteiger partial charge < -0.3 is 9.47 Å². The highest BCUT2D eigenvalue weighted by atomic mass is 35.5. The molecule has 3 nitrogen and oxygen atoms in total. The van der Waals surface area contributed by atoms with E-state index in [1.165, 1.54) is 0 Å². The van der Waals surface area contributed by atoms with Gasteiger partial charge in [-0.1, -0.05) is 11.6 Å². The molecule has 0 unspecified atom stereocenters. The molecule has 0 radical (unpaired) electrons. The summed E-state index contributed by atoms with van der Waals surface area (Å²) in [6.45, 7) is 2.69. The molecule has 4 heteroatoms. The van der Waals surface area contributed by atoms with Crippen LogP contribution >= 0.6 is 11.6 Å². The van der Waals surface area contributed by atoms with E-state index in [1.54, 1.807) is 18.2 Å². The van der Waals surface area contributed by atoms with Gasteiger partial charge in [0.25, 0.3) is 0 Å². The SMILES string of the molecule is CCOC1CC2(CC(=O)c3cc(Cl)ccc3O2)C1. The Hall–Kier alpha value is -1.06. The van der Waals surface area contributed by atoms with Gasteiger partial charge in [-0.05, 0) is 25.1 Å². The number of hydrogen-bond donors (Lipinski definition) is 0. The lowest BCUT2D eigenvalue weighted by atomic mass is 9.72. The Balaban J connectivity index is 1.81. The van der Waals surface area contributed by atoms with Crippen LogP contribution in [0.5, 0.6) is 5.75 Å². The Kier molecular flexibility index (Phi) is 2.83. The van der Waals surface area contributed by atoms with Crippen molar-refractivity contribution in [3.8, 4) is 5.75 Å². The standard InChI is InChI=1S/C14H15ClO3/c1-2-17-10-6-14(7-10)8-12(16)11-5-9(15)3-4-13(11)18-14/h3-5,10H,2,6-8H2,1H3. The number of hydrogen-bond acceptors (Lipinski definition) is 3. The van der Waals surface area contributed by atoms with Crippen LogP contribution in [0.3, 0.4) is 0 Å². The largest absolute Gasteiger partial charge is 0.486 e. The number of rotatable bonds is 2. The third-order valence-electron chi connectivity index (χ3n) is 3.65. The van der Waals surface area contributed by atoms with Gasteiger partial charge in [-0.15, -0.1) is 0 Å². The molecule has 1 aliphatic heterocycles. The minimum atomic E-state index is -0.336. The Morgan fingerprint density at radius 2 is 2.28 bits per heavy atom. The van der Waals surface area contributed by atoms with Crippen LogP contribution in [0, 0.1) is 0 Å². The van der Waals surface area contributed by atoms with Crippen molar-refractivity contribution in [2.75, 3.05) is 6.61 Å². The van der Waals surface area contributed by atoms with Crippen LogP contribution < -0.4 is 4.74 Å². The lowest BCUT2D eigenvalue weighted by Gasteiger charge is -2.48. The normalized spacial score (nSPS) is 29.7. The van der Waals surface area contributed by atoms with Crippen molar-refractivity contribution >= 4 is 17.4 Å². The number of halogens is 1. The fraction of sp³-hybridized carbons (Fsp3) is 0.500. The van der Waals surface area contributed by atoms with E-state index in [1.807, 2.05) is 6.92 Å². The smallest absolute Gasteiger partial charge is 0.170 e. The predicted octanol–water partition coefficient (Wildman–Crippen LogP) is 3.24. The summed E-state index contributed by atoms with van der Waals surface area (Å²) in [4.78, 5) is 12.1. The van der Waals surface area contributed by atoms with Crippen LogP contribution in [-0.4, -0.2) is 24.1 Å². The van der Waals surface area contributed by atoms with E-state index in [0.29, 0.717) is 29.4 Å². The molecule has 0 aromatic heterocycles. The molecule has 0 N–H and O–H groups in total. The first-order valence-electron chi connectivity index (χ1n) is 6.25. The summed E-state index contributed by atoms with van der Waals surface area (Å²) in [5.41, 5.74) is 0.269. The first kappa shape index (κ1) is 12.0. The molecule has 1 aromatic rings. The molecule has 1 heterocycles. The Morgan fingerprint density at radius 1 is 1.50 bits per heavy atom. The topological polar surface area (TPSA) is 35.5 Å². The fourth-order valence-corrected chi connectivity index (χ4v) is 2.99. The second-order valence-corrected chi connectivity index (χ2v) is 5.45. The molecule has 18 heavy (non-hydrogen) atoms. The zero-order chi connectivity index (χ0) is 12.8. The van der Waals surface area contributed by atoms with Crippen LogP contribution in [0.25, 0.3) is 0 Å². The van der Waals surface area contributed by atoms with Crippen molar-refractivity contribution in [2.45, 2.75) is 37.9 Å². The summed E-state index contributed by atoms with van der Waals surface area (Å²) in [5.74, 6) is 0.777. The fourth-order valence-electron chi connectivity index (χ4n) is 2.82. The first-order valence-corrected chi connectivity index (χ1v) is 6.63. The molecule has 0 atom stereocenters. The highest BCUT2D eigenvalue weighted by molar-refractivity contribution is 6.31. The maximum absolute atomic E-state index is 12.1. The second-order valence-electron chi connectivity index (χ2n) is 5.01. The molecule has 1 aromatic carbocycles. The number of fused-ring (bicyclic) bond motifs is 1. The summed E-state index contributed by atoms with van der Waals surface area (Å²) in [6, 6.07) is 5.22. The zero-order valence-electron chi connectivity index (χ0n) is 10.2. The quantitative estimate of drug-likeness (QED) is 0.824. The number of carbonyl (C=O) groups excluding carboxylic acids is 1. The van der Waals surface area contributed by atoms with Crippen molar-refractivity contribution in [3.63, 3.8) is 0 Å². The monoisotopic (exact) mass is 266 g/mol. The van der Waals surface area contributed by atoms with Crippen molar-refractivity contribution < 1.29 is 14.3 Å². The Labute approximate surface area is 111 Å². The lowest BCUT2D eigenvalue weighted by Crippen LogP contribution is -2.55. The van der Waals surface area contributed by atoms with Crippen molar-refractivity contribution in [2.24, 2.45) is 0 Å². The van der Waals surface area contributed by atoms with Crippen LogP contribution in [-0.2, 0) is 4.74 Å². The number of carbonyl (C=O) groups is 1. The van der Waals surface area contributed by atoms with E-state index in [2.05, 4.69) is 0 Å². The van der Waals surface area contributed by atoms with E-state index < -0.39 is 0 Å². The summed E-state index contributed by atoms with van der Waals surface area (Å²) < 4.78 is 11.5. The Bertz CT molecular complexity index is 492. The van der Waals surface area contributed by atoms with Crippen molar-refractivity contribution in [1.29, 1.82) is 0 Å². The Morgan fingerprint density at radius 3 is 3.00 bits per heavy atom. The minimum absolute atomic E-state index is 0.119. The molecule has 1 aliphatic carbocycles. The first-order chi connectivity index (χ1) is 8.62. The molecule has 0 amide bonds. The predicted molar refractivity (Wildman–Crippen MR) is 68.4 cm³/mol. The van der Waals surface area contributed by atoms with Crippen molar-refractivity contribution in [3.05, 3.63) is 28.8 Å².